The minimum Gasteiger partial charge on any atom is -0.497 e. The van der Waals surface area contributed by atoms with E-state index >= 15 is 0 Å². The molecular weight excluding hydrogens is 319 g/mol. The maximum Gasteiger partial charge on any atom is 0.417 e. The Morgan fingerprint density at radius 3 is 2.38 bits per heavy atom. The minimum absolute atomic E-state index is 0.00953. The number of anilines is 3. The first-order chi connectivity index (χ1) is 11.4. The normalized spacial score (nSPS) is 11.5. The molecule has 0 bridgehead atoms. The lowest BCUT2D eigenvalue weighted by Crippen LogP contribution is -2.08. The molecule has 0 spiro atoms. The third-order valence-corrected chi connectivity index (χ3v) is 3.50. The number of benzene rings is 2. The van der Waals surface area contributed by atoms with Crippen molar-refractivity contribution in [3.63, 3.8) is 0 Å². The second kappa shape index (κ2) is 5.92. The van der Waals surface area contributed by atoms with Gasteiger partial charge in [0.05, 0.1) is 18.2 Å². The Bertz CT molecular complexity index is 877. The fourth-order valence-electron chi connectivity index (χ4n) is 2.34. The maximum absolute atomic E-state index is 13.4. The molecule has 0 aliphatic rings. The number of fused-ring (bicyclic) bond motifs is 1. The number of methoxy groups -OCH3 is 1. The molecule has 7 heteroatoms. The van der Waals surface area contributed by atoms with Gasteiger partial charge in [0.25, 0.3) is 0 Å². The van der Waals surface area contributed by atoms with Crippen LogP contribution in [-0.4, -0.2) is 12.1 Å². The lowest BCUT2D eigenvalue weighted by molar-refractivity contribution is -0.136. The number of aromatic nitrogens is 1. The van der Waals surface area contributed by atoms with Crippen molar-refractivity contribution in [1.29, 1.82) is 0 Å². The van der Waals surface area contributed by atoms with Gasteiger partial charge in [-0.25, -0.2) is 4.98 Å². The lowest BCUT2D eigenvalue weighted by Gasteiger charge is -2.14. The van der Waals surface area contributed by atoms with Crippen LogP contribution in [0.3, 0.4) is 0 Å². The van der Waals surface area contributed by atoms with Crippen molar-refractivity contribution < 1.29 is 17.9 Å². The van der Waals surface area contributed by atoms with Crippen LogP contribution in [0.15, 0.2) is 48.5 Å². The molecule has 0 fully saturated rings. The topological polar surface area (TPSA) is 60.2 Å². The van der Waals surface area contributed by atoms with Gasteiger partial charge in [0.1, 0.15) is 11.6 Å². The van der Waals surface area contributed by atoms with Crippen LogP contribution in [0.25, 0.3) is 10.9 Å². The number of halogens is 3. The summed E-state index contributed by atoms with van der Waals surface area (Å²) in [6.45, 7) is 0. The Morgan fingerprint density at radius 2 is 1.75 bits per heavy atom. The van der Waals surface area contributed by atoms with Crippen LogP contribution in [-0.2, 0) is 6.18 Å². The number of ether oxygens (including phenoxy) is 1. The van der Waals surface area contributed by atoms with Crippen LogP contribution in [0.5, 0.6) is 5.75 Å². The Morgan fingerprint density at radius 1 is 1.04 bits per heavy atom. The van der Waals surface area contributed by atoms with Gasteiger partial charge in [0, 0.05) is 16.8 Å². The van der Waals surface area contributed by atoms with E-state index in [-0.39, 0.29) is 16.7 Å². The summed E-state index contributed by atoms with van der Waals surface area (Å²) < 4.78 is 45.2. The zero-order valence-corrected chi connectivity index (χ0v) is 12.7. The van der Waals surface area contributed by atoms with Crippen molar-refractivity contribution in [3.05, 3.63) is 54.1 Å². The standard InChI is InChI=1S/C17H14F3N3O/c1-24-12-6-7-15-13(8-12)14(17(18,19)20)9-16(23-15)22-11-4-2-10(21)3-5-11/h2-9H,21H2,1H3,(H,22,23). The van der Waals surface area contributed by atoms with Crippen molar-refractivity contribution in [1.82, 2.24) is 4.98 Å². The highest BCUT2D eigenvalue weighted by molar-refractivity contribution is 5.86. The molecule has 2 aromatic carbocycles. The lowest BCUT2D eigenvalue weighted by atomic mass is 10.1. The Hall–Kier alpha value is -2.96. The molecule has 0 saturated carbocycles. The summed E-state index contributed by atoms with van der Waals surface area (Å²) in [5.74, 6) is 0.443. The number of rotatable bonds is 3. The van der Waals surface area contributed by atoms with Crippen LogP contribution < -0.4 is 15.8 Å². The van der Waals surface area contributed by atoms with Crippen molar-refractivity contribution in [3.8, 4) is 5.75 Å². The minimum atomic E-state index is -4.51. The van der Waals surface area contributed by atoms with Gasteiger partial charge < -0.3 is 15.8 Å². The quantitative estimate of drug-likeness (QED) is 0.688. The Kier molecular flexibility index (Phi) is 3.92. The molecule has 0 aliphatic heterocycles. The molecule has 4 nitrogen and oxygen atoms in total. The maximum atomic E-state index is 13.4. The third kappa shape index (κ3) is 3.19. The number of nitrogens with one attached hydrogen (secondary N) is 1. The molecule has 3 aromatic rings. The average Bonchev–Trinajstić information content (AvgIpc) is 2.55. The predicted octanol–water partition coefficient (Wildman–Crippen LogP) is 4.59. The van der Waals surface area contributed by atoms with Crippen LogP contribution in [0, 0.1) is 0 Å². The van der Waals surface area contributed by atoms with Crippen LogP contribution in [0.1, 0.15) is 5.56 Å². The van der Waals surface area contributed by atoms with Crippen molar-refractivity contribution in [2.75, 3.05) is 18.2 Å². The van der Waals surface area contributed by atoms with E-state index in [4.69, 9.17) is 10.5 Å². The number of pyridine rings is 1. The van der Waals surface area contributed by atoms with E-state index in [9.17, 15) is 13.2 Å². The average molecular weight is 333 g/mol. The highest BCUT2D eigenvalue weighted by Gasteiger charge is 2.33. The fraction of sp³-hybridized carbons (Fsp3) is 0.118. The van der Waals surface area contributed by atoms with Gasteiger partial charge in [0.15, 0.2) is 0 Å². The van der Waals surface area contributed by atoms with E-state index in [2.05, 4.69) is 10.3 Å². The summed E-state index contributed by atoms with van der Waals surface area (Å²) in [5, 5.41) is 2.86. The predicted molar refractivity (Wildman–Crippen MR) is 87.4 cm³/mol. The largest absolute Gasteiger partial charge is 0.497 e. The first-order valence-corrected chi connectivity index (χ1v) is 7.05. The molecule has 0 unspecified atom stereocenters. The molecule has 24 heavy (non-hydrogen) atoms. The molecular formula is C17H14F3N3O. The summed E-state index contributed by atoms with van der Waals surface area (Å²) in [6, 6.07) is 12.0. The number of nitrogens with zero attached hydrogens (tertiary/aromatic N) is 1. The molecule has 3 N–H and O–H groups in total. The summed E-state index contributed by atoms with van der Waals surface area (Å²) in [7, 11) is 1.40. The fourth-order valence-corrected chi connectivity index (χ4v) is 2.34. The SMILES string of the molecule is COc1ccc2nc(Nc3ccc(N)cc3)cc(C(F)(F)F)c2c1. The molecule has 1 heterocycles. The van der Waals surface area contributed by atoms with Gasteiger partial charge in [-0.1, -0.05) is 0 Å². The van der Waals surface area contributed by atoms with Crippen molar-refractivity contribution in [2.24, 2.45) is 0 Å². The molecule has 1 aromatic heterocycles. The zero-order valence-electron chi connectivity index (χ0n) is 12.7. The number of hydrogen-bond acceptors (Lipinski definition) is 4. The number of nitrogen functional groups attached to an aromatic ring is 1. The monoisotopic (exact) mass is 333 g/mol. The van der Waals surface area contributed by atoms with Crippen LogP contribution in [0.4, 0.5) is 30.4 Å². The van der Waals surface area contributed by atoms with Crippen molar-refractivity contribution in [2.45, 2.75) is 6.18 Å². The summed E-state index contributed by atoms with van der Waals surface area (Å²) in [4.78, 5) is 4.24. The van der Waals surface area contributed by atoms with E-state index in [1.54, 1.807) is 30.3 Å². The third-order valence-electron chi connectivity index (χ3n) is 3.50. The van der Waals surface area contributed by atoms with E-state index in [1.807, 2.05) is 0 Å². The second-order valence-corrected chi connectivity index (χ2v) is 5.18. The first-order valence-electron chi connectivity index (χ1n) is 7.05. The summed E-state index contributed by atoms with van der Waals surface area (Å²) in [6.07, 6.45) is -4.51. The second-order valence-electron chi connectivity index (χ2n) is 5.18. The van der Waals surface area contributed by atoms with Crippen molar-refractivity contribution >= 4 is 28.1 Å². The molecule has 0 radical (unpaired) electrons. The molecule has 0 atom stereocenters. The molecule has 124 valence electrons. The van der Waals surface area contributed by atoms with E-state index in [0.717, 1.165) is 6.07 Å². The molecule has 0 amide bonds. The highest BCUT2D eigenvalue weighted by Crippen LogP contribution is 2.37. The van der Waals surface area contributed by atoms with E-state index < -0.39 is 11.7 Å². The number of hydrogen-bond donors (Lipinski definition) is 2. The van der Waals surface area contributed by atoms with Gasteiger partial charge in [0.2, 0.25) is 0 Å². The highest BCUT2D eigenvalue weighted by atomic mass is 19.4. The van der Waals surface area contributed by atoms with Gasteiger partial charge in [-0.3, -0.25) is 0 Å². The Balaban J connectivity index is 2.11. The van der Waals surface area contributed by atoms with E-state index in [0.29, 0.717) is 17.1 Å². The molecule has 0 aliphatic carbocycles. The van der Waals surface area contributed by atoms with Gasteiger partial charge in [-0.05, 0) is 48.5 Å². The number of alkyl halides is 3. The molecule has 0 saturated heterocycles. The summed E-state index contributed by atoms with van der Waals surface area (Å²) >= 11 is 0. The van der Waals surface area contributed by atoms with Gasteiger partial charge in [-0.2, -0.15) is 13.2 Å². The number of nitrogens with two attached hydrogens (primary N) is 1. The van der Waals surface area contributed by atoms with Crippen LogP contribution >= 0.6 is 0 Å². The first kappa shape index (κ1) is 15.9. The van der Waals surface area contributed by atoms with Crippen LogP contribution in [0.2, 0.25) is 0 Å². The van der Waals surface area contributed by atoms with Gasteiger partial charge in [-0.15, -0.1) is 0 Å². The molecule has 3 rings (SSSR count). The van der Waals surface area contributed by atoms with Gasteiger partial charge >= 0.3 is 6.18 Å². The van der Waals surface area contributed by atoms with E-state index in [1.165, 1.54) is 19.2 Å². The zero-order chi connectivity index (χ0) is 17.3. The Labute approximate surface area is 136 Å². The smallest absolute Gasteiger partial charge is 0.417 e. The summed E-state index contributed by atoms with van der Waals surface area (Å²) in [5.41, 5.74) is 6.21.